The molecule has 4 bridgehead atoms. The summed E-state index contributed by atoms with van der Waals surface area (Å²) in [5.74, 6) is -3.49. The van der Waals surface area contributed by atoms with Gasteiger partial charge in [-0.2, -0.15) is 0 Å². The summed E-state index contributed by atoms with van der Waals surface area (Å²) in [7, 11) is 0. The highest BCUT2D eigenvalue weighted by Crippen LogP contribution is 2.76. The maximum Gasteiger partial charge on any atom is 0.208 e. The zero-order valence-electron chi connectivity index (χ0n) is 15.1. The molecule has 6 nitrogen and oxygen atoms in total. The molecule has 6 aliphatic rings. The fraction of sp³-hybridized carbons (Fsp3) is 0.850. The fourth-order valence-electron chi connectivity index (χ4n) is 7.98. The van der Waals surface area contributed by atoms with Crippen LogP contribution in [0.15, 0.2) is 12.2 Å². The summed E-state index contributed by atoms with van der Waals surface area (Å²) in [6.07, 6.45) is 1.34. The van der Waals surface area contributed by atoms with Crippen molar-refractivity contribution >= 4 is 5.78 Å². The van der Waals surface area contributed by atoms with Crippen molar-refractivity contribution in [2.24, 2.45) is 34.0 Å². The third-order valence-electron chi connectivity index (χ3n) is 8.96. The number of carbonyl (C=O) groups excluding carboxylic acids is 1. The van der Waals surface area contributed by atoms with Gasteiger partial charge in [0.15, 0.2) is 5.78 Å². The van der Waals surface area contributed by atoms with Gasteiger partial charge in [0.2, 0.25) is 5.79 Å². The molecule has 2 heterocycles. The van der Waals surface area contributed by atoms with Gasteiger partial charge in [0.1, 0.15) is 11.5 Å². The molecule has 4 aliphatic carbocycles. The van der Waals surface area contributed by atoms with Crippen molar-refractivity contribution in [2.75, 3.05) is 13.2 Å². The fourth-order valence-corrected chi connectivity index (χ4v) is 7.98. The third kappa shape index (κ3) is 1.44. The SMILES string of the molecule is C=C1C(=O)[C@]23[C@H](O)[C@H]1CC[C@H]2[C@]12CCC[C@@](C)(CO)[C@H]1[C@H](O)[C@@]3(O)OC2. The Bertz CT molecular complexity index is 706. The van der Waals surface area contributed by atoms with E-state index < -0.39 is 34.2 Å². The summed E-state index contributed by atoms with van der Waals surface area (Å²) in [6, 6.07) is 0. The van der Waals surface area contributed by atoms with E-state index in [-0.39, 0.29) is 36.8 Å². The molecule has 26 heavy (non-hydrogen) atoms. The number of hydrogen-bond donors (Lipinski definition) is 4. The molecule has 0 aromatic carbocycles. The Morgan fingerprint density at radius 3 is 2.65 bits per heavy atom. The molecule has 6 heteroatoms. The minimum absolute atomic E-state index is 0.0852. The first kappa shape index (κ1) is 17.3. The van der Waals surface area contributed by atoms with Crippen LogP contribution >= 0.6 is 0 Å². The van der Waals surface area contributed by atoms with Crippen LogP contribution in [0.25, 0.3) is 0 Å². The molecule has 0 aromatic rings. The van der Waals surface area contributed by atoms with Gasteiger partial charge in [0.25, 0.3) is 0 Å². The first-order valence-corrected chi connectivity index (χ1v) is 9.77. The van der Waals surface area contributed by atoms with E-state index >= 15 is 0 Å². The van der Waals surface area contributed by atoms with E-state index in [1.165, 1.54) is 0 Å². The standard InChI is InChI=1S/C20H28O6/c1-10-11-4-5-12-18-7-3-6-17(2,8-21)13(18)16(24)20(25,26-9-18)19(12,14(10)22)15(11)23/h11-13,15-16,21,23-25H,1,3-9H2,2H3/t11-,12-,13+,15+,16-,17-,18+,19-,20+/m0/s1. The van der Waals surface area contributed by atoms with Gasteiger partial charge in [-0.1, -0.05) is 19.9 Å². The predicted octanol–water partition coefficient (Wildman–Crippen LogP) is 0.377. The van der Waals surface area contributed by atoms with Gasteiger partial charge in [0, 0.05) is 23.9 Å². The zero-order valence-corrected chi connectivity index (χ0v) is 15.1. The van der Waals surface area contributed by atoms with Gasteiger partial charge < -0.3 is 25.2 Å². The lowest BCUT2D eigenvalue weighted by Gasteiger charge is -2.74. The van der Waals surface area contributed by atoms with Crippen LogP contribution in [0.5, 0.6) is 0 Å². The van der Waals surface area contributed by atoms with E-state index in [1.807, 2.05) is 6.92 Å². The van der Waals surface area contributed by atoms with Crippen molar-refractivity contribution in [2.45, 2.75) is 57.0 Å². The number of aliphatic hydroxyl groups is 4. The van der Waals surface area contributed by atoms with E-state index in [0.29, 0.717) is 18.4 Å². The normalized spacial score (nSPS) is 60.7. The first-order chi connectivity index (χ1) is 12.2. The number of Topliss-reactive ketones (excluding diaryl/α,β-unsaturated/α-hetero) is 1. The molecule has 6 rings (SSSR count). The monoisotopic (exact) mass is 364 g/mol. The lowest BCUT2D eigenvalue weighted by atomic mass is 9.36. The van der Waals surface area contributed by atoms with E-state index in [1.54, 1.807) is 0 Å². The number of carbonyl (C=O) groups is 1. The highest BCUT2D eigenvalue weighted by molar-refractivity contribution is 6.05. The zero-order chi connectivity index (χ0) is 18.7. The Morgan fingerprint density at radius 1 is 1.23 bits per heavy atom. The minimum atomic E-state index is -2.13. The van der Waals surface area contributed by atoms with Crippen LogP contribution in [0.1, 0.15) is 39.0 Å². The van der Waals surface area contributed by atoms with Crippen molar-refractivity contribution in [1.29, 1.82) is 0 Å². The summed E-state index contributed by atoms with van der Waals surface area (Å²) in [5, 5.41) is 44.2. The molecule has 6 fully saturated rings. The van der Waals surface area contributed by atoms with Gasteiger partial charge in [-0.05, 0) is 42.6 Å². The second-order valence-corrected chi connectivity index (χ2v) is 9.71. The van der Waals surface area contributed by atoms with Crippen LogP contribution in [-0.2, 0) is 9.53 Å². The second kappa shape index (κ2) is 4.78. The molecular formula is C20H28O6. The summed E-state index contributed by atoms with van der Waals surface area (Å²) < 4.78 is 5.86. The van der Waals surface area contributed by atoms with Crippen molar-refractivity contribution in [3.05, 3.63) is 12.2 Å². The highest BCUT2D eigenvalue weighted by Gasteiger charge is 2.85. The molecule has 2 saturated heterocycles. The lowest BCUT2D eigenvalue weighted by molar-refractivity contribution is -0.450. The quantitative estimate of drug-likeness (QED) is 0.501. The van der Waals surface area contributed by atoms with Gasteiger partial charge >= 0.3 is 0 Å². The van der Waals surface area contributed by atoms with Crippen molar-refractivity contribution in [1.82, 2.24) is 0 Å². The van der Waals surface area contributed by atoms with Crippen LogP contribution in [0.2, 0.25) is 0 Å². The molecule has 0 amide bonds. The number of ether oxygens (including phenoxy) is 1. The van der Waals surface area contributed by atoms with Crippen molar-refractivity contribution < 1.29 is 30.0 Å². The number of ketones is 1. The van der Waals surface area contributed by atoms with Crippen LogP contribution in [0.4, 0.5) is 0 Å². The number of aliphatic hydroxyl groups excluding tert-OH is 3. The molecule has 0 radical (unpaired) electrons. The van der Waals surface area contributed by atoms with Crippen LogP contribution < -0.4 is 0 Å². The van der Waals surface area contributed by atoms with Gasteiger partial charge in [-0.15, -0.1) is 0 Å². The number of hydrogen-bond acceptors (Lipinski definition) is 6. The minimum Gasteiger partial charge on any atom is -0.396 e. The molecule has 4 N–H and O–H groups in total. The van der Waals surface area contributed by atoms with Crippen molar-refractivity contribution in [3.8, 4) is 0 Å². The van der Waals surface area contributed by atoms with E-state index in [0.717, 1.165) is 19.3 Å². The first-order valence-electron chi connectivity index (χ1n) is 9.77. The average Bonchev–Trinajstić information content (AvgIpc) is 2.73. The Morgan fingerprint density at radius 2 is 1.96 bits per heavy atom. The highest BCUT2D eigenvalue weighted by atomic mass is 16.6. The summed E-state index contributed by atoms with van der Waals surface area (Å²) in [6.45, 7) is 6.03. The Kier molecular flexibility index (Phi) is 3.19. The van der Waals surface area contributed by atoms with Crippen LogP contribution in [-0.4, -0.2) is 57.4 Å². The molecular weight excluding hydrogens is 336 g/mol. The molecule has 2 spiro atoms. The Labute approximate surface area is 152 Å². The molecule has 0 aromatic heterocycles. The van der Waals surface area contributed by atoms with Gasteiger partial charge in [0.05, 0.1) is 12.7 Å². The smallest absolute Gasteiger partial charge is 0.208 e. The van der Waals surface area contributed by atoms with Gasteiger partial charge in [-0.3, -0.25) is 4.79 Å². The molecule has 0 unspecified atom stereocenters. The predicted molar refractivity (Wildman–Crippen MR) is 90.7 cm³/mol. The Balaban J connectivity index is 1.78. The Hall–Kier alpha value is -0.790. The third-order valence-corrected chi connectivity index (χ3v) is 8.96. The number of fused-ring (bicyclic) bond motifs is 2. The topological polar surface area (TPSA) is 107 Å². The molecule has 144 valence electrons. The second-order valence-electron chi connectivity index (χ2n) is 9.71. The average molecular weight is 364 g/mol. The summed E-state index contributed by atoms with van der Waals surface area (Å²) in [4.78, 5) is 13.3. The maximum absolute atomic E-state index is 13.3. The van der Waals surface area contributed by atoms with E-state index in [9.17, 15) is 25.2 Å². The molecule has 9 atom stereocenters. The van der Waals surface area contributed by atoms with Crippen molar-refractivity contribution in [3.63, 3.8) is 0 Å². The molecule has 4 saturated carbocycles. The van der Waals surface area contributed by atoms with Gasteiger partial charge in [-0.25, -0.2) is 0 Å². The van der Waals surface area contributed by atoms with Crippen LogP contribution in [0, 0.1) is 34.0 Å². The lowest BCUT2D eigenvalue weighted by Crippen LogP contribution is -2.84. The summed E-state index contributed by atoms with van der Waals surface area (Å²) >= 11 is 0. The van der Waals surface area contributed by atoms with E-state index in [4.69, 9.17) is 4.74 Å². The van der Waals surface area contributed by atoms with Crippen LogP contribution in [0.3, 0.4) is 0 Å². The van der Waals surface area contributed by atoms with E-state index in [2.05, 4.69) is 6.58 Å². The molecule has 2 aliphatic heterocycles. The summed E-state index contributed by atoms with van der Waals surface area (Å²) in [5.41, 5.74) is -2.25. The maximum atomic E-state index is 13.3. The number of rotatable bonds is 1. The largest absolute Gasteiger partial charge is 0.396 e.